The molecule has 2 aromatic carbocycles. The van der Waals surface area contributed by atoms with Crippen LogP contribution in [-0.2, 0) is 11.3 Å². The Morgan fingerprint density at radius 3 is 2.66 bits per heavy atom. The highest BCUT2D eigenvalue weighted by molar-refractivity contribution is 5.92. The number of tetrazole rings is 1. The van der Waals surface area contributed by atoms with Gasteiger partial charge in [0.05, 0.1) is 26.0 Å². The molecule has 0 atom stereocenters. The number of benzene rings is 2. The predicted octanol–water partition coefficient (Wildman–Crippen LogP) is 2.78. The Hall–Kier alpha value is -3.62. The van der Waals surface area contributed by atoms with E-state index in [1.165, 1.54) is 4.80 Å². The minimum Gasteiger partial charge on any atom is -0.497 e. The lowest BCUT2D eigenvalue weighted by Gasteiger charge is -2.13. The van der Waals surface area contributed by atoms with E-state index >= 15 is 0 Å². The number of anilines is 1. The number of methoxy groups -OCH3 is 1. The first-order chi connectivity index (χ1) is 14.1. The van der Waals surface area contributed by atoms with Crippen molar-refractivity contribution in [1.29, 1.82) is 0 Å². The molecule has 1 N–H and O–H groups in total. The van der Waals surface area contributed by atoms with Gasteiger partial charge in [-0.25, -0.2) is 0 Å². The van der Waals surface area contributed by atoms with Gasteiger partial charge in [-0.15, -0.1) is 10.2 Å². The number of nitrogens with one attached hydrogen (secondary N) is 1. The molecule has 9 heteroatoms. The summed E-state index contributed by atoms with van der Waals surface area (Å²) in [7, 11) is 1.59. The van der Waals surface area contributed by atoms with Crippen LogP contribution in [0.1, 0.15) is 13.8 Å². The Morgan fingerprint density at radius 2 is 1.90 bits per heavy atom. The summed E-state index contributed by atoms with van der Waals surface area (Å²) in [6.45, 7) is 4.68. The third-order valence-corrected chi connectivity index (χ3v) is 3.90. The molecule has 0 saturated heterocycles. The Bertz CT molecular complexity index is 973. The van der Waals surface area contributed by atoms with Crippen LogP contribution in [0, 0.1) is 0 Å². The smallest absolute Gasteiger partial charge is 0.248 e. The maximum atomic E-state index is 12.5. The average Bonchev–Trinajstić information content (AvgIpc) is 3.18. The van der Waals surface area contributed by atoms with E-state index in [1.807, 2.05) is 32.0 Å². The molecule has 3 aromatic rings. The van der Waals surface area contributed by atoms with Crippen molar-refractivity contribution in [3.8, 4) is 28.6 Å². The van der Waals surface area contributed by atoms with Crippen LogP contribution in [0.15, 0.2) is 42.5 Å². The SMILES string of the molecule is CCOc1ccc(OCC)c(NC(=O)Cn2nnc(-c3cccc(OC)c3)n2)c1. The van der Waals surface area contributed by atoms with Crippen molar-refractivity contribution in [2.75, 3.05) is 25.6 Å². The molecule has 0 fully saturated rings. The van der Waals surface area contributed by atoms with Crippen molar-refractivity contribution < 1.29 is 19.0 Å². The second-order valence-electron chi connectivity index (χ2n) is 5.95. The molecule has 3 rings (SSSR count). The van der Waals surface area contributed by atoms with Crippen LogP contribution in [0.3, 0.4) is 0 Å². The second kappa shape index (κ2) is 9.54. The van der Waals surface area contributed by atoms with Gasteiger partial charge in [-0.3, -0.25) is 4.79 Å². The van der Waals surface area contributed by atoms with Gasteiger partial charge in [0.1, 0.15) is 23.8 Å². The summed E-state index contributed by atoms with van der Waals surface area (Å²) in [6.07, 6.45) is 0. The highest BCUT2D eigenvalue weighted by Crippen LogP contribution is 2.29. The minimum absolute atomic E-state index is 0.0958. The van der Waals surface area contributed by atoms with E-state index in [0.717, 1.165) is 5.56 Å². The molecule has 0 unspecified atom stereocenters. The molecule has 1 heterocycles. The molecular weight excluding hydrogens is 374 g/mol. The number of aromatic nitrogens is 4. The van der Waals surface area contributed by atoms with Crippen LogP contribution in [-0.4, -0.2) is 46.4 Å². The van der Waals surface area contributed by atoms with Crippen molar-refractivity contribution in [2.24, 2.45) is 0 Å². The van der Waals surface area contributed by atoms with Crippen molar-refractivity contribution in [3.05, 3.63) is 42.5 Å². The van der Waals surface area contributed by atoms with Crippen LogP contribution in [0.2, 0.25) is 0 Å². The highest BCUT2D eigenvalue weighted by atomic mass is 16.5. The maximum absolute atomic E-state index is 12.5. The van der Waals surface area contributed by atoms with Gasteiger partial charge in [0.25, 0.3) is 0 Å². The van der Waals surface area contributed by atoms with Crippen molar-refractivity contribution >= 4 is 11.6 Å². The van der Waals surface area contributed by atoms with E-state index in [9.17, 15) is 4.79 Å². The number of nitrogens with zero attached hydrogens (tertiary/aromatic N) is 4. The zero-order valence-corrected chi connectivity index (χ0v) is 16.6. The zero-order chi connectivity index (χ0) is 20.6. The number of hydrogen-bond donors (Lipinski definition) is 1. The number of amides is 1. The monoisotopic (exact) mass is 397 g/mol. The fourth-order valence-electron chi connectivity index (χ4n) is 2.65. The van der Waals surface area contributed by atoms with Crippen LogP contribution < -0.4 is 19.5 Å². The first kappa shape index (κ1) is 20.1. The molecule has 1 amide bonds. The zero-order valence-electron chi connectivity index (χ0n) is 16.6. The molecule has 9 nitrogen and oxygen atoms in total. The van der Waals surface area contributed by atoms with E-state index in [1.54, 1.807) is 31.4 Å². The summed E-state index contributed by atoms with van der Waals surface area (Å²) >= 11 is 0. The molecule has 1 aromatic heterocycles. The number of rotatable bonds is 9. The first-order valence-corrected chi connectivity index (χ1v) is 9.24. The number of hydrogen-bond acceptors (Lipinski definition) is 7. The van der Waals surface area contributed by atoms with Crippen molar-refractivity contribution in [3.63, 3.8) is 0 Å². The van der Waals surface area contributed by atoms with Gasteiger partial charge in [0, 0.05) is 11.6 Å². The maximum Gasteiger partial charge on any atom is 0.248 e. The molecule has 0 bridgehead atoms. The molecule has 0 aliphatic heterocycles. The number of ether oxygens (including phenoxy) is 3. The Labute approximate surface area is 168 Å². The normalized spacial score (nSPS) is 10.4. The van der Waals surface area contributed by atoms with Gasteiger partial charge < -0.3 is 19.5 Å². The molecular formula is C20H23N5O4. The summed E-state index contributed by atoms with van der Waals surface area (Å²) < 4.78 is 16.3. The average molecular weight is 397 g/mol. The van der Waals surface area contributed by atoms with Gasteiger partial charge >= 0.3 is 0 Å². The van der Waals surface area contributed by atoms with Crippen molar-refractivity contribution in [2.45, 2.75) is 20.4 Å². The summed E-state index contributed by atoms with van der Waals surface area (Å²) in [5, 5.41) is 15.0. The molecule has 0 aliphatic carbocycles. The van der Waals surface area contributed by atoms with Gasteiger partial charge in [0.2, 0.25) is 11.7 Å². The van der Waals surface area contributed by atoms with Crippen LogP contribution in [0.25, 0.3) is 11.4 Å². The van der Waals surface area contributed by atoms with Gasteiger partial charge in [0.15, 0.2) is 0 Å². The highest BCUT2D eigenvalue weighted by Gasteiger charge is 2.13. The Kier molecular flexibility index (Phi) is 6.62. The van der Waals surface area contributed by atoms with Crippen molar-refractivity contribution in [1.82, 2.24) is 20.2 Å². The fraction of sp³-hybridized carbons (Fsp3) is 0.300. The van der Waals surface area contributed by atoms with E-state index < -0.39 is 0 Å². The van der Waals surface area contributed by atoms with Gasteiger partial charge in [-0.2, -0.15) is 4.80 Å². The summed E-state index contributed by atoms with van der Waals surface area (Å²) in [4.78, 5) is 13.7. The third-order valence-electron chi connectivity index (χ3n) is 3.90. The molecule has 0 spiro atoms. The quantitative estimate of drug-likeness (QED) is 0.592. The third kappa shape index (κ3) is 5.22. The minimum atomic E-state index is -0.311. The predicted molar refractivity (Wildman–Crippen MR) is 107 cm³/mol. The molecule has 152 valence electrons. The van der Waals surface area contributed by atoms with Crippen LogP contribution >= 0.6 is 0 Å². The molecule has 0 aliphatic rings. The lowest BCUT2D eigenvalue weighted by Crippen LogP contribution is -2.21. The first-order valence-electron chi connectivity index (χ1n) is 9.24. The summed E-state index contributed by atoms with van der Waals surface area (Å²) in [5.41, 5.74) is 1.27. The molecule has 0 radical (unpaired) electrons. The number of carbonyl (C=O) groups excluding carboxylic acids is 1. The second-order valence-corrected chi connectivity index (χ2v) is 5.95. The summed E-state index contributed by atoms with van der Waals surface area (Å²) in [6, 6.07) is 12.6. The molecule has 29 heavy (non-hydrogen) atoms. The van der Waals surface area contributed by atoms with E-state index in [0.29, 0.717) is 42.0 Å². The Balaban J connectivity index is 1.71. The summed E-state index contributed by atoms with van der Waals surface area (Å²) in [5.74, 6) is 1.99. The van der Waals surface area contributed by atoms with E-state index in [2.05, 4.69) is 20.7 Å². The van der Waals surface area contributed by atoms with E-state index in [4.69, 9.17) is 14.2 Å². The largest absolute Gasteiger partial charge is 0.497 e. The topological polar surface area (TPSA) is 100 Å². The fourth-order valence-corrected chi connectivity index (χ4v) is 2.65. The Morgan fingerprint density at radius 1 is 1.07 bits per heavy atom. The number of carbonyl (C=O) groups is 1. The van der Waals surface area contributed by atoms with Crippen LogP contribution in [0.4, 0.5) is 5.69 Å². The van der Waals surface area contributed by atoms with Crippen LogP contribution in [0.5, 0.6) is 17.2 Å². The van der Waals surface area contributed by atoms with E-state index in [-0.39, 0.29) is 12.5 Å². The van der Waals surface area contributed by atoms with Gasteiger partial charge in [-0.1, -0.05) is 12.1 Å². The lowest BCUT2D eigenvalue weighted by molar-refractivity contribution is -0.117. The lowest BCUT2D eigenvalue weighted by atomic mass is 10.2. The standard InChI is InChI=1S/C20H23N5O4/c1-4-28-16-9-10-18(29-5-2)17(12-16)21-19(26)13-25-23-20(22-24-25)14-7-6-8-15(11-14)27-3/h6-12H,4-5,13H2,1-3H3,(H,21,26). The van der Waals surface area contributed by atoms with Gasteiger partial charge in [-0.05, 0) is 43.3 Å². The molecule has 0 saturated carbocycles.